The van der Waals surface area contributed by atoms with Gasteiger partial charge in [0.05, 0.1) is 7.11 Å². The Morgan fingerprint density at radius 1 is 1.40 bits per heavy atom. The second kappa shape index (κ2) is 5.34. The van der Waals surface area contributed by atoms with Crippen molar-refractivity contribution in [2.45, 2.75) is 19.9 Å². The number of esters is 1. The molecule has 0 spiro atoms. The number of anilines is 1. The first-order valence-electron chi connectivity index (χ1n) is 4.89. The summed E-state index contributed by atoms with van der Waals surface area (Å²) in [5.41, 5.74) is 0.870. The number of pyridine rings is 1. The van der Waals surface area contributed by atoms with Crippen molar-refractivity contribution in [3.05, 3.63) is 24.5 Å². The van der Waals surface area contributed by atoms with Gasteiger partial charge in [0.15, 0.2) is 0 Å². The lowest BCUT2D eigenvalue weighted by Crippen LogP contribution is -2.35. The molecule has 0 aliphatic carbocycles. The smallest absolute Gasteiger partial charge is 0.328 e. The molecule has 0 saturated carbocycles. The summed E-state index contributed by atoms with van der Waals surface area (Å²) in [4.78, 5) is 15.4. The lowest BCUT2D eigenvalue weighted by atomic mass is 10.0. The predicted octanol–water partition coefficient (Wildman–Crippen LogP) is 1.69. The Kier molecular flexibility index (Phi) is 4.09. The standard InChI is InChI=1S/C11H16N2O2/c1-8(2)10(11(14)15-3)13-9-4-6-12-7-5-9/h4-8,10H,1-3H3,(H,12,13)/t10-/m0/s1. The van der Waals surface area contributed by atoms with Crippen molar-refractivity contribution in [2.75, 3.05) is 12.4 Å². The zero-order valence-electron chi connectivity index (χ0n) is 9.23. The van der Waals surface area contributed by atoms with Crippen LogP contribution in [0.3, 0.4) is 0 Å². The normalized spacial score (nSPS) is 12.3. The van der Waals surface area contributed by atoms with Gasteiger partial charge in [-0.15, -0.1) is 0 Å². The molecule has 0 amide bonds. The Balaban J connectivity index is 2.72. The minimum atomic E-state index is -0.322. The van der Waals surface area contributed by atoms with Crippen molar-refractivity contribution in [2.24, 2.45) is 5.92 Å². The number of carbonyl (C=O) groups is 1. The second-order valence-corrected chi connectivity index (χ2v) is 3.63. The van der Waals surface area contributed by atoms with Gasteiger partial charge in [-0.1, -0.05) is 13.8 Å². The molecule has 0 aromatic carbocycles. The number of ether oxygens (including phenoxy) is 1. The van der Waals surface area contributed by atoms with E-state index >= 15 is 0 Å². The maximum atomic E-state index is 11.5. The number of nitrogens with one attached hydrogen (secondary N) is 1. The van der Waals surface area contributed by atoms with Crippen LogP contribution in [0.25, 0.3) is 0 Å². The predicted molar refractivity (Wildman–Crippen MR) is 58.5 cm³/mol. The van der Waals surface area contributed by atoms with Crippen LogP contribution >= 0.6 is 0 Å². The van der Waals surface area contributed by atoms with Crippen molar-refractivity contribution in [1.82, 2.24) is 4.98 Å². The summed E-state index contributed by atoms with van der Waals surface area (Å²) in [6.45, 7) is 3.94. The molecule has 0 aliphatic heterocycles. The summed E-state index contributed by atoms with van der Waals surface area (Å²) in [7, 11) is 1.39. The number of aromatic nitrogens is 1. The first-order valence-corrected chi connectivity index (χ1v) is 4.89. The highest BCUT2D eigenvalue weighted by molar-refractivity contribution is 5.79. The van der Waals surface area contributed by atoms with E-state index in [1.165, 1.54) is 7.11 Å². The average molecular weight is 208 g/mol. The van der Waals surface area contributed by atoms with Crippen LogP contribution in [0.1, 0.15) is 13.8 Å². The lowest BCUT2D eigenvalue weighted by Gasteiger charge is -2.20. The zero-order chi connectivity index (χ0) is 11.3. The highest BCUT2D eigenvalue weighted by Crippen LogP contribution is 2.12. The molecule has 0 unspecified atom stereocenters. The monoisotopic (exact) mass is 208 g/mol. The van der Waals surface area contributed by atoms with E-state index in [0.29, 0.717) is 0 Å². The fourth-order valence-electron chi connectivity index (χ4n) is 1.25. The van der Waals surface area contributed by atoms with Gasteiger partial charge in [-0.2, -0.15) is 0 Å². The number of rotatable bonds is 4. The van der Waals surface area contributed by atoms with Crippen LogP contribution in [0.15, 0.2) is 24.5 Å². The molecule has 1 aromatic rings. The quantitative estimate of drug-likeness (QED) is 0.765. The minimum Gasteiger partial charge on any atom is -0.467 e. The fraction of sp³-hybridized carbons (Fsp3) is 0.455. The van der Waals surface area contributed by atoms with Crippen molar-refractivity contribution in [3.63, 3.8) is 0 Å². The van der Waals surface area contributed by atoms with Crippen LogP contribution in [-0.2, 0) is 9.53 Å². The molecule has 0 aliphatic rings. The van der Waals surface area contributed by atoms with E-state index in [2.05, 4.69) is 10.3 Å². The maximum Gasteiger partial charge on any atom is 0.328 e. The Morgan fingerprint density at radius 3 is 2.47 bits per heavy atom. The van der Waals surface area contributed by atoms with Crippen LogP contribution in [0.2, 0.25) is 0 Å². The third-order valence-corrected chi connectivity index (χ3v) is 2.12. The molecular weight excluding hydrogens is 192 g/mol. The molecule has 4 heteroatoms. The van der Waals surface area contributed by atoms with Crippen molar-refractivity contribution in [3.8, 4) is 0 Å². The molecule has 0 fully saturated rings. The Hall–Kier alpha value is -1.58. The van der Waals surface area contributed by atoms with Crippen molar-refractivity contribution < 1.29 is 9.53 Å². The third-order valence-electron chi connectivity index (χ3n) is 2.12. The molecule has 1 aromatic heterocycles. The van der Waals surface area contributed by atoms with Gasteiger partial charge < -0.3 is 10.1 Å². The number of hydrogen-bond donors (Lipinski definition) is 1. The topological polar surface area (TPSA) is 51.2 Å². The van der Waals surface area contributed by atoms with Crippen molar-refractivity contribution in [1.29, 1.82) is 0 Å². The molecule has 1 N–H and O–H groups in total. The van der Waals surface area contributed by atoms with E-state index in [4.69, 9.17) is 4.74 Å². The molecule has 0 bridgehead atoms. The summed E-state index contributed by atoms with van der Waals surface area (Å²) in [6, 6.07) is 3.31. The number of hydrogen-bond acceptors (Lipinski definition) is 4. The summed E-state index contributed by atoms with van der Waals surface area (Å²) in [5.74, 6) is -0.0765. The van der Waals surface area contributed by atoms with E-state index in [0.717, 1.165) is 5.69 Å². The van der Waals surface area contributed by atoms with Crippen LogP contribution in [0.5, 0.6) is 0 Å². The van der Waals surface area contributed by atoms with Gasteiger partial charge in [0.2, 0.25) is 0 Å². The Bertz CT molecular complexity index is 312. The molecule has 15 heavy (non-hydrogen) atoms. The third kappa shape index (κ3) is 3.23. The largest absolute Gasteiger partial charge is 0.467 e. The summed E-state index contributed by atoms with van der Waals surface area (Å²) in [6.07, 6.45) is 3.36. The molecule has 4 nitrogen and oxygen atoms in total. The average Bonchev–Trinajstić information content (AvgIpc) is 2.26. The van der Waals surface area contributed by atoms with Gasteiger partial charge in [0, 0.05) is 18.1 Å². The van der Waals surface area contributed by atoms with E-state index in [1.54, 1.807) is 12.4 Å². The highest BCUT2D eigenvalue weighted by atomic mass is 16.5. The first kappa shape index (κ1) is 11.5. The van der Waals surface area contributed by atoms with E-state index < -0.39 is 0 Å². The van der Waals surface area contributed by atoms with Gasteiger partial charge in [0.1, 0.15) is 6.04 Å². The Morgan fingerprint density at radius 2 is 2.00 bits per heavy atom. The second-order valence-electron chi connectivity index (χ2n) is 3.63. The molecule has 0 radical (unpaired) electrons. The number of carbonyl (C=O) groups excluding carboxylic acids is 1. The highest BCUT2D eigenvalue weighted by Gasteiger charge is 2.22. The Labute approximate surface area is 89.7 Å². The number of methoxy groups -OCH3 is 1. The molecular formula is C11H16N2O2. The van der Waals surface area contributed by atoms with Gasteiger partial charge in [-0.05, 0) is 18.1 Å². The SMILES string of the molecule is COC(=O)[C@@H](Nc1ccncc1)C(C)C. The first-order chi connectivity index (χ1) is 7.15. The molecule has 1 atom stereocenters. The van der Waals surface area contributed by atoms with Gasteiger partial charge >= 0.3 is 5.97 Å². The van der Waals surface area contributed by atoms with Crippen molar-refractivity contribution >= 4 is 11.7 Å². The van der Waals surface area contributed by atoms with Gasteiger partial charge in [-0.3, -0.25) is 4.98 Å². The fourth-order valence-corrected chi connectivity index (χ4v) is 1.25. The van der Waals surface area contributed by atoms with Gasteiger partial charge in [-0.25, -0.2) is 4.79 Å². The number of nitrogens with zero attached hydrogens (tertiary/aromatic N) is 1. The minimum absolute atomic E-state index is 0.172. The van der Waals surface area contributed by atoms with Crippen LogP contribution in [0, 0.1) is 5.92 Å². The zero-order valence-corrected chi connectivity index (χ0v) is 9.23. The lowest BCUT2D eigenvalue weighted by molar-refractivity contribution is -0.142. The van der Waals surface area contributed by atoms with Gasteiger partial charge in [0.25, 0.3) is 0 Å². The van der Waals surface area contributed by atoms with E-state index in [1.807, 2.05) is 26.0 Å². The summed E-state index contributed by atoms with van der Waals surface area (Å²) >= 11 is 0. The maximum absolute atomic E-state index is 11.5. The van der Waals surface area contributed by atoms with Crippen LogP contribution in [0.4, 0.5) is 5.69 Å². The molecule has 1 rings (SSSR count). The summed E-state index contributed by atoms with van der Waals surface area (Å²) < 4.78 is 4.73. The molecule has 0 saturated heterocycles. The van der Waals surface area contributed by atoms with Crippen LogP contribution in [-0.4, -0.2) is 24.1 Å². The molecule has 82 valence electrons. The van der Waals surface area contributed by atoms with E-state index in [9.17, 15) is 4.79 Å². The molecule has 1 heterocycles. The van der Waals surface area contributed by atoms with E-state index in [-0.39, 0.29) is 17.9 Å². The van der Waals surface area contributed by atoms with Crippen LogP contribution < -0.4 is 5.32 Å². The summed E-state index contributed by atoms with van der Waals surface area (Å²) in [5, 5.41) is 3.11.